The Bertz CT molecular complexity index is 434. The third kappa shape index (κ3) is 1.28. The summed E-state index contributed by atoms with van der Waals surface area (Å²) in [7, 11) is 0. The van der Waals surface area contributed by atoms with Gasteiger partial charge in [-0.25, -0.2) is 0 Å². The molecular weight excluding hydrogens is 180 g/mol. The lowest BCUT2D eigenvalue weighted by atomic mass is 9.81. The fourth-order valence-electron chi connectivity index (χ4n) is 1.23. The number of fused-ring (bicyclic) bond motifs is 1. The number of nitrogens with one attached hydrogen (secondary N) is 1. The van der Waals surface area contributed by atoms with Gasteiger partial charge >= 0.3 is 6.98 Å². The molecule has 13 heavy (non-hydrogen) atoms. The Morgan fingerprint density at radius 1 is 1.31 bits per heavy atom. The Hall–Kier alpha value is -1.46. The van der Waals surface area contributed by atoms with Crippen LogP contribution in [0.1, 0.15) is 0 Å². The number of aromatic amines is 1. The van der Waals surface area contributed by atoms with Gasteiger partial charge in [0.1, 0.15) is 0 Å². The minimum absolute atomic E-state index is 0.00463. The smallest absolute Gasteiger partial charge is 0.445 e. The van der Waals surface area contributed by atoms with E-state index in [1.807, 2.05) is 0 Å². The van der Waals surface area contributed by atoms with Crippen LogP contribution in [0.15, 0.2) is 24.5 Å². The monoisotopic (exact) mass is 185 g/mol. The van der Waals surface area contributed by atoms with Crippen LogP contribution < -0.4 is 5.46 Å². The molecule has 2 heterocycles. The molecule has 0 aromatic carbocycles. The summed E-state index contributed by atoms with van der Waals surface area (Å²) in [6.45, 7) is -4.97. The molecule has 0 radical (unpaired) electrons. The molecule has 0 aliphatic carbocycles. The first-order valence-corrected chi connectivity index (χ1v) is 3.71. The zero-order valence-corrected chi connectivity index (χ0v) is 6.47. The van der Waals surface area contributed by atoms with Crippen molar-refractivity contribution in [3.05, 3.63) is 24.5 Å². The lowest BCUT2D eigenvalue weighted by Crippen LogP contribution is -2.33. The number of hydrogen-bond donors (Lipinski definition) is 1. The standard InChI is InChI=1S/C7H5BF3N2/c9-8(10,11)5-4-13-6-2-1-3-12-7(5)6/h1-4,13H/q-1. The maximum absolute atomic E-state index is 12.4. The average Bonchev–Trinajstić information content (AvgIpc) is 2.45. The molecule has 0 atom stereocenters. The number of hydrogen-bond acceptors (Lipinski definition) is 1. The molecule has 6 heteroatoms. The molecule has 1 N–H and O–H groups in total. The summed E-state index contributed by atoms with van der Waals surface area (Å²) in [6.07, 6.45) is 2.30. The molecule has 68 valence electrons. The number of H-pyrrole nitrogens is 1. The number of aromatic nitrogens is 2. The third-order valence-electron chi connectivity index (χ3n) is 1.82. The summed E-state index contributed by atoms with van der Waals surface area (Å²) in [4.78, 5) is 6.20. The molecule has 2 aromatic heterocycles. The van der Waals surface area contributed by atoms with Gasteiger partial charge in [-0.2, -0.15) is 0 Å². The van der Waals surface area contributed by atoms with E-state index in [1.54, 1.807) is 12.1 Å². The van der Waals surface area contributed by atoms with Crippen LogP contribution in [0, 0.1) is 0 Å². The Kier molecular flexibility index (Phi) is 1.58. The molecule has 0 aliphatic heterocycles. The SMILES string of the molecule is F[B-](F)(F)c1c[nH]c2cccnc12. The Labute approximate surface area is 71.8 Å². The van der Waals surface area contributed by atoms with Gasteiger partial charge in [0.2, 0.25) is 0 Å². The normalized spacial score (nSPS) is 12.2. The highest BCUT2D eigenvalue weighted by Gasteiger charge is 2.28. The predicted octanol–water partition coefficient (Wildman–Crippen LogP) is 1.62. The fraction of sp³-hybridized carbons (Fsp3) is 0. The highest BCUT2D eigenvalue weighted by molar-refractivity contribution is 6.75. The lowest BCUT2D eigenvalue weighted by molar-refractivity contribution is 0.501. The summed E-state index contributed by atoms with van der Waals surface area (Å²) < 4.78 is 37.1. The van der Waals surface area contributed by atoms with Gasteiger partial charge < -0.3 is 17.9 Å². The van der Waals surface area contributed by atoms with E-state index in [9.17, 15) is 12.9 Å². The fourth-order valence-corrected chi connectivity index (χ4v) is 1.23. The molecule has 2 rings (SSSR count). The van der Waals surface area contributed by atoms with Gasteiger partial charge in [-0.3, -0.25) is 4.98 Å². The van der Waals surface area contributed by atoms with Crippen molar-refractivity contribution in [1.82, 2.24) is 9.97 Å². The van der Waals surface area contributed by atoms with Gasteiger partial charge in [0.25, 0.3) is 0 Å². The van der Waals surface area contributed by atoms with Crippen LogP contribution in [0.2, 0.25) is 0 Å². The molecular formula is C7H5BF3N2-. The van der Waals surface area contributed by atoms with Crippen LogP contribution in [-0.2, 0) is 0 Å². The zero-order chi connectivity index (χ0) is 9.47. The van der Waals surface area contributed by atoms with Crippen molar-refractivity contribution < 1.29 is 12.9 Å². The molecule has 0 saturated heterocycles. The minimum atomic E-state index is -4.97. The van der Waals surface area contributed by atoms with Crippen LogP contribution in [0.5, 0.6) is 0 Å². The van der Waals surface area contributed by atoms with E-state index in [2.05, 4.69) is 9.97 Å². The van der Waals surface area contributed by atoms with Crippen LogP contribution in [0.25, 0.3) is 11.0 Å². The predicted molar refractivity (Wildman–Crippen MR) is 44.8 cm³/mol. The lowest BCUT2D eigenvalue weighted by Gasteiger charge is -2.11. The summed E-state index contributed by atoms with van der Waals surface area (Å²) in [5.74, 6) is 0. The van der Waals surface area contributed by atoms with Crippen molar-refractivity contribution in [2.45, 2.75) is 0 Å². The van der Waals surface area contributed by atoms with E-state index in [1.165, 1.54) is 6.20 Å². The largest absolute Gasteiger partial charge is 0.513 e. The van der Waals surface area contributed by atoms with Gasteiger partial charge in [-0.15, -0.1) is 0 Å². The summed E-state index contributed by atoms with van der Waals surface area (Å²) >= 11 is 0. The molecule has 2 aromatic rings. The van der Waals surface area contributed by atoms with E-state index in [4.69, 9.17) is 0 Å². The first kappa shape index (κ1) is 8.16. The van der Waals surface area contributed by atoms with Crippen molar-refractivity contribution in [2.24, 2.45) is 0 Å². The average molecular weight is 185 g/mol. The van der Waals surface area contributed by atoms with Gasteiger partial charge in [0.05, 0.1) is 11.0 Å². The Morgan fingerprint density at radius 2 is 2.08 bits per heavy atom. The Morgan fingerprint density at radius 3 is 2.77 bits per heavy atom. The van der Waals surface area contributed by atoms with E-state index in [-0.39, 0.29) is 5.52 Å². The van der Waals surface area contributed by atoms with Gasteiger partial charge in [0, 0.05) is 6.20 Å². The van der Waals surface area contributed by atoms with Crippen LogP contribution >= 0.6 is 0 Å². The zero-order valence-electron chi connectivity index (χ0n) is 6.47. The summed E-state index contributed by atoms with van der Waals surface area (Å²) in [5, 5.41) is 0. The highest BCUT2D eigenvalue weighted by Crippen LogP contribution is 2.15. The number of rotatable bonds is 1. The van der Waals surface area contributed by atoms with Gasteiger partial charge in [-0.05, 0) is 18.3 Å². The molecule has 0 unspecified atom stereocenters. The van der Waals surface area contributed by atoms with E-state index >= 15 is 0 Å². The second-order valence-electron chi connectivity index (χ2n) is 2.72. The summed E-state index contributed by atoms with van der Waals surface area (Å²) in [5.41, 5.74) is -0.248. The number of halogens is 3. The second-order valence-corrected chi connectivity index (χ2v) is 2.72. The third-order valence-corrected chi connectivity index (χ3v) is 1.82. The molecule has 0 aliphatic rings. The topological polar surface area (TPSA) is 28.7 Å². The molecule has 2 nitrogen and oxygen atoms in total. The molecule has 0 bridgehead atoms. The van der Waals surface area contributed by atoms with Crippen molar-refractivity contribution in [3.63, 3.8) is 0 Å². The van der Waals surface area contributed by atoms with Crippen LogP contribution in [-0.4, -0.2) is 16.9 Å². The van der Waals surface area contributed by atoms with Crippen molar-refractivity contribution in [2.75, 3.05) is 0 Å². The van der Waals surface area contributed by atoms with E-state index in [0.717, 1.165) is 6.20 Å². The molecule has 0 amide bonds. The quantitative estimate of drug-likeness (QED) is 0.671. The maximum Gasteiger partial charge on any atom is 0.513 e. The maximum atomic E-state index is 12.4. The van der Waals surface area contributed by atoms with Crippen molar-refractivity contribution in [3.8, 4) is 0 Å². The van der Waals surface area contributed by atoms with Gasteiger partial charge in [0.15, 0.2) is 0 Å². The van der Waals surface area contributed by atoms with Crippen LogP contribution in [0.4, 0.5) is 12.9 Å². The highest BCUT2D eigenvalue weighted by atomic mass is 19.4. The summed E-state index contributed by atoms with van der Waals surface area (Å²) in [6, 6.07) is 3.15. The first-order chi connectivity index (χ1) is 6.09. The second kappa shape index (κ2) is 2.51. The minimum Gasteiger partial charge on any atom is -0.445 e. The van der Waals surface area contributed by atoms with Gasteiger partial charge in [-0.1, -0.05) is 5.46 Å². The van der Waals surface area contributed by atoms with E-state index < -0.39 is 12.4 Å². The number of pyridine rings is 1. The molecule has 0 spiro atoms. The van der Waals surface area contributed by atoms with E-state index in [0.29, 0.717) is 5.52 Å². The first-order valence-electron chi connectivity index (χ1n) is 3.71. The number of nitrogens with zero attached hydrogens (tertiary/aromatic N) is 1. The molecule has 0 fully saturated rings. The van der Waals surface area contributed by atoms with Crippen molar-refractivity contribution >= 4 is 23.5 Å². The Balaban J connectivity index is 2.72. The van der Waals surface area contributed by atoms with Crippen molar-refractivity contribution in [1.29, 1.82) is 0 Å². The molecule has 0 saturated carbocycles. The van der Waals surface area contributed by atoms with Crippen LogP contribution in [0.3, 0.4) is 0 Å².